The number of nitriles is 1. The molecule has 1 atom stereocenters. The third kappa shape index (κ3) is 2.82. The minimum absolute atomic E-state index is 0.169. The highest BCUT2D eigenvalue weighted by atomic mass is 15.2. The Bertz CT molecular complexity index is 357. The van der Waals surface area contributed by atoms with Crippen molar-refractivity contribution in [2.75, 3.05) is 17.4 Å². The van der Waals surface area contributed by atoms with Crippen molar-refractivity contribution < 1.29 is 0 Å². The summed E-state index contributed by atoms with van der Waals surface area (Å²) in [7, 11) is 1.94. The van der Waals surface area contributed by atoms with Gasteiger partial charge in [-0.15, -0.1) is 0 Å². The van der Waals surface area contributed by atoms with Crippen molar-refractivity contribution in [3.8, 4) is 6.07 Å². The molecule has 1 rings (SSSR count). The highest BCUT2D eigenvalue weighted by Gasteiger charge is 2.09. The summed E-state index contributed by atoms with van der Waals surface area (Å²) in [6.07, 6.45) is 2.17. The number of anilines is 2. The van der Waals surface area contributed by atoms with E-state index in [0.29, 0.717) is 12.2 Å². The average Bonchev–Trinajstić information content (AvgIpc) is 2.28. The first-order chi connectivity index (χ1) is 7.19. The van der Waals surface area contributed by atoms with E-state index in [1.807, 2.05) is 31.0 Å². The fourth-order valence-corrected chi connectivity index (χ4v) is 1.24. The van der Waals surface area contributed by atoms with E-state index >= 15 is 0 Å². The maximum Gasteiger partial charge on any atom is 0.141 e. The van der Waals surface area contributed by atoms with Gasteiger partial charge in [0.25, 0.3) is 0 Å². The summed E-state index contributed by atoms with van der Waals surface area (Å²) in [5.74, 6) is 5.88. The molecule has 5 heteroatoms. The van der Waals surface area contributed by atoms with Gasteiger partial charge in [-0.2, -0.15) is 5.26 Å². The molecule has 0 aromatic carbocycles. The SMILES string of the molecule is CC(CC#N)N(C)c1ccnc(NN)c1. The van der Waals surface area contributed by atoms with Gasteiger partial charge < -0.3 is 10.3 Å². The molecule has 0 saturated carbocycles. The number of pyridine rings is 1. The summed E-state index contributed by atoms with van der Waals surface area (Å²) in [5.41, 5.74) is 3.48. The highest BCUT2D eigenvalue weighted by Crippen LogP contribution is 2.18. The normalized spacial score (nSPS) is 11.6. The summed E-state index contributed by atoms with van der Waals surface area (Å²) in [5, 5.41) is 8.61. The number of hydrogen-bond acceptors (Lipinski definition) is 5. The summed E-state index contributed by atoms with van der Waals surface area (Å²) in [6.45, 7) is 2.00. The van der Waals surface area contributed by atoms with Crippen LogP contribution in [0.1, 0.15) is 13.3 Å². The molecule has 0 bridgehead atoms. The van der Waals surface area contributed by atoms with Gasteiger partial charge in [-0.3, -0.25) is 0 Å². The Morgan fingerprint density at radius 2 is 2.47 bits per heavy atom. The number of nitrogen functional groups attached to an aromatic ring is 1. The molecule has 0 radical (unpaired) electrons. The lowest BCUT2D eigenvalue weighted by atomic mass is 10.2. The summed E-state index contributed by atoms with van der Waals surface area (Å²) in [4.78, 5) is 6.04. The molecular weight excluding hydrogens is 190 g/mol. The maximum atomic E-state index is 8.61. The fourth-order valence-electron chi connectivity index (χ4n) is 1.24. The Hall–Kier alpha value is -1.80. The molecule has 15 heavy (non-hydrogen) atoms. The van der Waals surface area contributed by atoms with Crippen LogP contribution >= 0.6 is 0 Å². The minimum Gasteiger partial charge on any atom is -0.371 e. The van der Waals surface area contributed by atoms with Crippen molar-refractivity contribution in [1.82, 2.24) is 4.98 Å². The number of aromatic nitrogens is 1. The summed E-state index contributed by atoms with van der Waals surface area (Å²) in [6, 6.07) is 6.04. The number of hydrazine groups is 1. The van der Waals surface area contributed by atoms with Crippen LogP contribution in [0.4, 0.5) is 11.5 Å². The Labute approximate surface area is 89.5 Å². The third-order valence-electron chi connectivity index (χ3n) is 2.35. The molecule has 3 N–H and O–H groups in total. The molecule has 0 spiro atoms. The molecule has 0 aliphatic carbocycles. The molecule has 0 aliphatic rings. The smallest absolute Gasteiger partial charge is 0.141 e. The average molecular weight is 205 g/mol. The Kier molecular flexibility index (Phi) is 3.89. The number of nitrogens with one attached hydrogen (secondary N) is 1. The number of nitrogens with zero attached hydrogens (tertiary/aromatic N) is 3. The van der Waals surface area contributed by atoms with E-state index in [2.05, 4.69) is 16.5 Å². The van der Waals surface area contributed by atoms with E-state index in [1.165, 1.54) is 0 Å². The van der Waals surface area contributed by atoms with Crippen molar-refractivity contribution in [2.45, 2.75) is 19.4 Å². The second-order valence-electron chi connectivity index (χ2n) is 3.37. The third-order valence-corrected chi connectivity index (χ3v) is 2.35. The van der Waals surface area contributed by atoms with Crippen LogP contribution in [0.2, 0.25) is 0 Å². The Morgan fingerprint density at radius 1 is 1.73 bits per heavy atom. The zero-order chi connectivity index (χ0) is 11.3. The largest absolute Gasteiger partial charge is 0.371 e. The van der Waals surface area contributed by atoms with Crippen LogP contribution < -0.4 is 16.2 Å². The first kappa shape index (κ1) is 11.3. The van der Waals surface area contributed by atoms with Gasteiger partial charge in [-0.25, -0.2) is 10.8 Å². The number of rotatable bonds is 4. The lowest BCUT2D eigenvalue weighted by Gasteiger charge is -2.25. The van der Waals surface area contributed by atoms with Gasteiger partial charge in [0, 0.05) is 31.0 Å². The van der Waals surface area contributed by atoms with Gasteiger partial charge >= 0.3 is 0 Å². The second kappa shape index (κ2) is 5.17. The Morgan fingerprint density at radius 3 is 3.07 bits per heavy atom. The second-order valence-corrected chi connectivity index (χ2v) is 3.37. The van der Waals surface area contributed by atoms with E-state index < -0.39 is 0 Å². The molecule has 1 unspecified atom stereocenters. The van der Waals surface area contributed by atoms with Crippen molar-refractivity contribution in [1.29, 1.82) is 5.26 Å². The van der Waals surface area contributed by atoms with Gasteiger partial charge in [-0.1, -0.05) is 0 Å². The van der Waals surface area contributed by atoms with Gasteiger partial charge in [0.15, 0.2) is 0 Å². The highest BCUT2D eigenvalue weighted by molar-refractivity contribution is 5.53. The van der Waals surface area contributed by atoms with Gasteiger partial charge in [0.2, 0.25) is 0 Å². The molecule has 1 aromatic rings. The van der Waals surface area contributed by atoms with Crippen LogP contribution in [-0.4, -0.2) is 18.1 Å². The maximum absolute atomic E-state index is 8.61. The van der Waals surface area contributed by atoms with E-state index in [1.54, 1.807) is 6.20 Å². The molecule has 0 fully saturated rings. The van der Waals surface area contributed by atoms with Crippen LogP contribution in [0, 0.1) is 11.3 Å². The lowest BCUT2D eigenvalue weighted by Crippen LogP contribution is -2.28. The van der Waals surface area contributed by atoms with E-state index in [4.69, 9.17) is 11.1 Å². The fraction of sp³-hybridized carbons (Fsp3) is 0.400. The quantitative estimate of drug-likeness (QED) is 0.568. The van der Waals surface area contributed by atoms with Crippen LogP contribution in [-0.2, 0) is 0 Å². The van der Waals surface area contributed by atoms with Gasteiger partial charge in [0.1, 0.15) is 5.82 Å². The van der Waals surface area contributed by atoms with Gasteiger partial charge in [0.05, 0.1) is 12.5 Å². The number of hydrogen-bond donors (Lipinski definition) is 2. The minimum atomic E-state index is 0.169. The van der Waals surface area contributed by atoms with Crippen LogP contribution in [0.3, 0.4) is 0 Å². The lowest BCUT2D eigenvalue weighted by molar-refractivity contribution is 0.702. The molecule has 0 amide bonds. The van der Waals surface area contributed by atoms with Crippen molar-refractivity contribution in [2.24, 2.45) is 5.84 Å². The van der Waals surface area contributed by atoms with Gasteiger partial charge in [-0.05, 0) is 13.0 Å². The first-order valence-corrected chi connectivity index (χ1v) is 4.71. The molecule has 1 aromatic heterocycles. The number of nitrogens with two attached hydrogens (primary N) is 1. The summed E-state index contributed by atoms with van der Waals surface area (Å²) >= 11 is 0. The van der Waals surface area contributed by atoms with Crippen molar-refractivity contribution >= 4 is 11.5 Å². The molecular formula is C10H15N5. The van der Waals surface area contributed by atoms with Crippen molar-refractivity contribution in [3.05, 3.63) is 18.3 Å². The van der Waals surface area contributed by atoms with Crippen molar-refractivity contribution in [3.63, 3.8) is 0 Å². The first-order valence-electron chi connectivity index (χ1n) is 4.71. The molecule has 5 nitrogen and oxygen atoms in total. The molecule has 0 saturated heterocycles. The topological polar surface area (TPSA) is 78.0 Å². The van der Waals surface area contributed by atoms with Crippen LogP contribution in [0.5, 0.6) is 0 Å². The summed E-state index contributed by atoms with van der Waals surface area (Å²) < 4.78 is 0. The van der Waals surface area contributed by atoms with Crippen LogP contribution in [0.25, 0.3) is 0 Å². The van der Waals surface area contributed by atoms with Crippen LogP contribution in [0.15, 0.2) is 18.3 Å². The molecule has 1 heterocycles. The zero-order valence-electron chi connectivity index (χ0n) is 8.94. The predicted molar refractivity (Wildman–Crippen MR) is 60.1 cm³/mol. The Balaban J connectivity index is 2.81. The van der Waals surface area contributed by atoms with E-state index in [0.717, 1.165) is 5.69 Å². The van der Waals surface area contributed by atoms with E-state index in [-0.39, 0.29) is 6.04 Å². The standard InChI is InChI=1S/C10H15N5/c1-8(3-5-11)15(2)9-4-6-13-10(7-9)14-12/h4,6-8H,3,12H2,1-2H3,(H,13,14). The monoisotopic (exact) mass is 205 g/mol. The molecule has 0 aliphatic heterocycles. The molecule has 80 valence electrons. The van der Waals surface area contributed by atoms with E-state index in [9.17, 15) is 0 Å². The zero-order valence-corrected chi connectivity index (χ0v) is 8.94. The predicted octanol–water partition coefficient (Wildman–Crippen LogP) is 1.11.